The minimum absolute atomic E-state index is 0.0930. The third-order valence-electron chi connectivity index (χ3n) is 5.74. The number of esters is 1. The molecular weight excluding hydrogens is 555 g/mol. The van der Waals surface area contributed by atoms with E-state index in [0.29, 0.717) is 16.9 Å². The summed E-state index contributed by atoms with van der Waals surface area (Å²) >= 11 is 2.86. The second-order valence-corrected chi connectivity index (χ2v) is 11.3. The van der Waals surface area contributed by atoms with Crippen molar-refractivity contribution in [1.82, 2.24) is 19.5 Å². The molecule has 0 aliphatic carbocycles. The number of ether oxygens (including phenoxy) is 1. The van der Waals surface area contributed by atoms with Gasteiger partial charge in [0.25, 0.3) is 0 Å². The molecule has 2 aromatic heterocycles. The summed E-state index contributed by atoms with van der Waals surface area (Å²) in [5.41, 5.74) is -0.356. The molecule has 1 aromatic carbocycles. The molecule has 0 spiro atoms. The Morgan fingerprint density at radius 2 is 1.91 bits per heavy atom. The molecule has 3 heterocycles. The van der Waals surface area contributed by atoms with E-state index in [0.717, 1.165) is 19.6 Å². The van der Waals surface area contributed by atoms with Crippen LogP contribution in [0.25, 0.3) is 11.0 Å². The zero-order chi connectivity index (χ0) is 25.9. The van der Waals surface area contributed by atoms with Crippen LogP contribution >= 0.6 is 15.9 Å². The average molecular weight is 576 g/mol. The highest BCUT2D eigenvalue weighted by Crippen LogP contribution is 2.39. The van der Waals surface area contributed by atoms with E-state index >= 15 is 0 Å². The smallest absolute Gasteiger partial charge is 0.434 e. The van der Waals surface area contributed by atoms with E-state index in [1.165, 1.54) is 12.1 Å². The fraction of sp³-hybridized carbons (Fsp3) is 0.429. The van der Waals surface area contributed by atoms with Crippen molar-refractivity contribution >= 4 is 48.7 Å². The van der Waals surface area contributed by atoms with Crippen LogP contribution in [-0.4, -0.2) is 53.8 Å². The van der Waals surface area contributed by atoms with Crippen LogP contribution in [-0.2, 0) is 27.3 Å². The quantitative estimate of drug-likeness (QED) is 0.429. The van der Waals surface area contributed by atoms with E-state index in [4.69, 9.17) is 4.74 Å². The molecule has 3 aromatic rings. The number of carbonyl (C=O) groups excluding carboxylic acids is 1. The first-order valence-electron chi connectivity index (χ1n) is 10.4. The molecule has 4 rings (SSSR count). The number of methoxy groups -OCH3 is 1. The number of hydrogen-bond donors (Lipinski definition) is 0. The normalized spacial score (nSPS) is 16.6. The van der Waals surface area contributed by atoms with Crippen molar-refractivity contribution in [3.63, 3.8) is 0 Å². The Kier molecular flexibility index (Phi) is 6.32. The van der Waals surface area contributed by atoms with Crippen LogP contribution in [0.4, 0.5) is 19.1 Å². The van der Waals surface area contributed by atoms with Gasteiger partial charge in [-0.2, -0.15) is 13.2 Å². The van der Waals surface area contributed by atoms with E-state index in [1.807, 2.05) is 18.4 Å². The van der Waals surface area contributed by atoms with Crippen molar-refractivity contribution in [2.75, 3.05) is 24.8 Å². The maximum atomic E-state index is 13.5. The molecule has 0 saturated carbocycles. The lowest BCUT2D eigenvalue weighted by molar-refractivity contribution is -0.141. The first-order chi connectivity index (χ1) is 16.2. The summed E-state index contributed by atoms with van der Waals surface area (Å²) in [6, 6.07) is 2.24. The van der Waals surface area contributed by atoms with Crippen LogP contribution in [0.15, 0.2) is 27.7 Å². The van der Waals surface area contributed by atoms with Crippen molar-refractivity contribution in [2.24, 2.45) is 5.92 Å². The number of hydrogen-bond acceptors (Lipinski definition) is 8. The lowest BCUT2D eigenvalue weighted by Crippen LogP contribution is -2.42. The minimum Gasteiger partial charge on any atom is -0.465 e. The number of carbonyl (C=O) groups is 1. The van der Waals surface area contributed by atoms with Crippen LogP contribution in [0, 0.1) is 5.92 Å². The highest BCUT2D eigenvalue weighted by molar-refractivity contribution is 9.10. The zero-order valence-electron chi connectivity index (χ0n) is 19.1. The maximum absolute atomic E-state index is 13.5. The van der Waals surface area contributed by atoms with Gasteiger partial charge in [-0.1, -0.05) is 13.8 Å². The van der Waals surface area contributed by atoms with Gasteiger partial charge in [-0.15, -0.1) is 0 Å². The van der Waals surface area contributed by atoms with Crippen LogP contribution < -0.4 is 4.90 Å². The number of fused-ring (bicyclic) bond motifs is 3. The molecule has 1 aliphatic rings. The monoisotopic (exact) mass is 575 g/mol. The number of halogens is 4. The zero-order valence-corrected chi connectivity index (χ0v) is 21.5. The van der Waals surface area contributed by atoms with Gasteiger partial charge in [0.15, 0.2) is 15.5 Å². The summed E-state index contributed by atoms with van der Waals surface area (Å²) in [4.78, 5) is 26.3. The molecule has 1 atom stereocenters. The molecule has 0 amide bonds. The summed E-state index contributed by atoms with van der Waals surface area (Å²) in [5, 5.41) is 0. The van der Waals surface area contributed by atoms with Crippen molar-refractivity contribution in [3.8, 4) is 0 Å². The van der Waals surface area contributed by atoms with Crippen molar-refractivity contribution in [1.29, 1.82) is 0 Å². The number of nitrogens with zero attached hydrogens (tertiary/aromatic N) is 5. The van der Waals surface area contributed by atoms with Crippen molar-refractivity contribution in [3.05, 3.63) is 39.9 Å². The van der Waals surface area contributed by atoms with E-state index < -0.39 is 33.7 Å². The molecule has 0 radical (unpaired) electrons. The van der Waals surface area contributed by atoms with Gasteiger partial charge in [0.05, 0.1) is 39.1 Å². The lowest BCUT2D eigenvalue weighted by Gasteiger charge is -2.38. The number of alkyl halides is 3. The van der Waals surface area contributed by atoms with Crippen molar-refractivity contribution in [2.45, 2.75) is 37.5 Å². The Hall–Kier alpha value is -2.74. The van der Waals surface area contributed by atoms with Gasteiger partial charge >= 0.3 is 12.1 Å². The standard InChI is InChI=1S/C21H21BrF3N5O4S/c1-10(2)16-18-27-13-7-11(19(31)34-3)15(35(4,32)33)8-14(13)29(18)5-6-30(16)20-26-9-12(22)17(28-20)21(23,24)25/h7-10,16H,5-6H2,1-4H3. The Labute approximate surface area is 207 Å². The third kappa shape index (κ3) is 4.48. The molecule has 1 aliphatic heterocycles. The summed E-state index contributed by atoms with van der Waals surface area (Å²) < 4.78 is 71.5. The third-order valence-corrected chi connectivity index (χ3v) is 7.45. The van der Waals surface area contributed by atoms with Crippen molar-refractivity contribution < 1.29 is 31.1 Å². The summed E-state index contributed by atoms with van der Waals surface area (Å²) in [5.74, 6) is -0.530. The topological polar surface area (TPSA) is 107 Å². The van der Waals surface area contributed by atoms with E-state index in [9.17, 15) is 26.4 Å². The first kappa shape index (κ1) is 25.4. The second-order valence-electron chi connectivity index (χ2n) is 8.47. The van der Waals surface area contributed by atoms with Crippen LogP contribution in [0.2, 0.25) is 0 Å². The molecule has 0 bridgehead atoms. The minimum atomic E-state index is -4.67. The summed E-state index contributed by atoms with van der Waals surface area (Å²) in [6.07, 6.45) is -2.60. The molecule has 35 heavy (non-hydrogen) atoms. The fourth-order valence-electron chi connectivity index (χ4n) is 4.27. The van der Waals surface area contributed by atoms with Gasteiger partial charge < -0.3 is 14.2 Å². The van der Waals surface area contributed by atoms with Gasteiger partial charge in [0.2, 0.25) is 5.95 Å². The summed E-state index contributed by atoms with van der Waals surface area (Å²) in [7, 11) is -2.62. The Bertz CT molecular complexity index is 1440. The lowest BCUT2D eigenvalue weighted by atomic mass is 10.00. The van der Waals surface area contributed by atoms with Gasteiger partial charge in [-0.3, -0.25) is 0 Å². The molecule has 1 unspecified atom stereocenters. The number of anilines is 1. The van der Waals surface area contributed by atoms with E-state index in [1.54, 1.807) is 4.90 Å². The largest absolute Gasteiger partial charge is 0.465 e. The summed E-state index contributed by atoms with van der Waals surface area (Å²) in [6.45, 7) is 4.32. The predicted octanol–water partition coefficient (Wildman–Crippen LogP) is 4.02. The fourth-order valence-corrected chi connectivity index (χ4v) is 5.55. The molecule has 0 N–H and O–H groups in total. The molecular formula is C21H21BrF3N5O4S. The van der Waals surface area contributed by atoms with Gasteiger partial charge in [0.1, 0.15) is 5.82 Å². The number of sulfone groups is 1. The Balaban J connectivity index is 1.90. The van der Waals surface area contributed by atoms with Crippen LogP contribution in [0.1, 0.15) is 41.8 Å². The highest BCUT2D eigenvalue weighted by atomic mass is 79.9. The number of benzene rings is 1. The number of rotatable bonds is 4. The first-order valence-corrected chi connectivity index (χ1v) is 13.1. The van der Waals surface area contributed by atoms with Gasteiger partial charge in [-0.05, 0) is 34.0 Å². The van der Waals surface area contributed by atoms with Gasteiger partial charge in [0, 0.05) is 25.5 Å². The molecule has 0 fully saturated rings. The van der Waals surface area contributed by atoms with Gasteiger partial charge in [-0.25, -0.2) is 28.2 Å². The second kappa shape index (κ2) is 8.73. The Morgan fingerprint density at radius 1 is 1.23 bits per heavy atom. The molecule has 0 saturated heterocycles. The van der Waals surface area contributed by atoms with Crippen LogP contribution in [0.5, 0.6) is 0 Å². The molecule has 9 nitrogen and oxygen atoms in total. The van der Waals surface area contributed by atoms with E-state index in [-0.39, 0.29) is 39.9 Å². The SMILES string of the molecule is COC(=O)c1cc2nc3n(c2cc1S(C)(=O)=O)CCN(c1ncc(Br)c(C(F)(F)F)n1)C3C(C)C. The highest BCUT2D eigenvalue weighted by Gasteiger charge is 2.39. The molecule has 188 valence electrons. The number of imidazole rings is 1. The van der Waals surface area contributed by atoms with E-state index in [2.05, 4.69) is 30.9 Å². The van der Waals surface area contributed by atoms with Crippen LogP contribution in [0.3, 0.4) is 0 Å². The number of aromatic nitrogens is 4. The Morgan fingerprint density at radius 3 is 2.49 bits per heavy atom. The predicted molar refractivity (Wildman–Crippen MR) is 124 cm³/mol. The maximum Gasteiger partial charge on any atom is 0.434 e. The molecule has 14 heteroatoms. The average Bonchev–Trinajstić information content (AvgIpc) is 3.13.